The van der Waals surface area contributed by atoms with E-state index in [2.05, 4.69) is 12.0 Å². The zero-order valence-corrected chi connectivity index (χ0v) is 4.26. The highest BCUT2D eigenvalue weighted by molar-refractivity contribution is 4.66. The number of nitrogens with zero attached hydrogens (tertiary/aromatic N) is 1. The summed E-state index contributed by atoms with van der Waals surface area (Å²) in [5, 5.41) is 8.79. The fourth-order valence-electron chi connectivity index (χ4n) is 0.182. The fraction of sp³-hybridized carbons (Fsp3) is 0.333. The first kappa shape index (κ1) is 6.90. The molecule has 5 nitrogen and oxygen atoms in total. The number of nitro groups is 1. The lowest BCUT2D eigenvalue weighted by Gasteiger charge is -1.92. The molecule has 5 heteroatoms. The Balaban J connectivity index is 2.93. The molecule has 0 spiro atoms. The van der Waals surface area contributed by atoms with Gasteiger partial charge in [-0.1, -0.05) is 11.6 Å². The average molecular weight is 117 g/mol. The summed E-state index contributed by atoms with van der Waals surface area (Å²) in [4.78, 5) is 9.47. The predicted molar refractivity (Wildman–Crippen MR) is 28.3 cm³/mol. The molecule has 0 radical (unpaired) electrons. The summed E-state index contributed by atoms with van der Waals surface area (Å²) in [5.41, 5.74) is 4.01. The molecular formula is C3H7N3O2. The van der Waals surface area contributed by atoms with Gasteiger partial charge in [-0.2, -0.15) is 5.43 Å². The standard InChI is InChI=1S/C3H7N3O2/c1-2-3-4-5-6(7)8/h2,4-5H,1,3H2. The Bertz CT molecular complexity index is 92.5. The van der Waals surface area contributed by atoms with Crippen LogP contribution in [0.2, 0.25) is 0 Å². The van der Waals surface area contributed by atoms with E-state index in [0.717, 1.165) is 0 Å². The number of hydrogen-bond acceptors (Lipinski definition) is 3. The summed E-state index contributed by atoms with van der Waals surface area (Å²) in [6.45, 7) is 3.71. The van der Waals surface area contributed by atoms with Crippen molar-refractivity contribution in [3.63, 3.8) is 0 Å². The third kappa shape index (κ3) is 4.90. The van der Waals surface area contributed by atoms with Crippen LogP contribution in [-0.2, 0) is 0 Å². The van der Waals surface area contributed by atoms with E-state index in [9.17, 15) is 10.1 Å². The summed E-state index contributed by atoms with van der Waals surface area (Å²) in [6.07, 6.45) is 1.51. The Morgan fingerprint density at radius 1 is 1.88 bits per heavy atom. The van der Waals surface area contributed by atoms with E-state index in [-0.39, 0.29) is 0 Å². The molecule has 0 saturated carbocycles. The molecule has 2 N–H and O–H groups in total. The molecule has 46 valence electrons. The van der Waals surface area contributed by atoms with Gasteiger partial charge in [0, 0.05) is 6.54 Å². The second-order valence-electron chi connectivity index (χ2n) is 1.04. The Morgan fingerprint density at radius 3 is 2.88 bits per heavy atom. The lowest BCUT2D eigenvalue weighted by atomic mass is 10.7. The molecule has 0 rings (SSSR count). The lowest BCUT2D eigenvalue weighted by molar-refractivity contribution is -0.554. The molecule has 0 fully saturated rings. The topological polar surface area (TPSA) is 67.2 Å². The van der Waals surface area contributed by atoms with Crippen molar-refractivity contribution in [1.82, 2.24) is 11.0 Å². The van der Waals surface area contributed by atoms with Gasteiger partial charge in [0.2, 0.25) is 0 Å². The molecule has 0 saturated heterocycles. The molecule has 0 aromatic rings. The average Bonchev–Trinajstić information content (AvgIpc) is 1.66. The van der Waals surface area contributed by atoms with Crippen LogP contribution in [0, 0.1) is 10.1 Å². The van der Waals surface area contributed by atoms with Gasteiger partial charge in [-0.15, -0.1) is 6.58 Å². The van der Waals surface area contributed by atoms with Crippen molar-refractivity contribution in [1.29, 1.82) is 0 Å². The van der Waals surface area contributed by atoms with Crippen LogP contribution in [-0.4, -0.2) is 11.6 Å². The highest BCUT2D eigenvalue weighted by atomic mass is 16.7. The molecule has 0 aliphatic rings. The fourth-order valence-corrected chi connectivity index (χ4v) is 0.182. The van der Waals surface area contributed by atoms with Crippen molar-refractivity contribution < 1.29 is 5.03 Å². The normalized spacial score (nSPS) is 8.00. The quantitative estimate of drug-likeness (QED) is 0.224. The zero-order chi connectivity index (χ0) is 6.41. The van der Waals surface area contributed by atoms with Crippen molar-refractivity contribution >= 4 is 0 Å². The lowest BCUT2D eigenvalue weighted by Crippen LogP contribution is -2.36. The highest BCUT2D eigenvalue weighted by Gasteiger charge is 1.84. The van der Waals surface area contributed by atoms with Crippen LogP contribution < -0.4 is 11.0 Å². The van der Waals surface area contributed by atoms with Crippen LogP contribution in [0.5, 0.6) is 0 Å². The predicted octanol–water partition coefficient (Wildman–Crippen LogP) is -0.542. The van der Waals surface area contributed by atoms with Crippen molar-refractivity contribution in [2.24, 2.45) is 0 Å². The third-order valence-corrected chi connectivity index (χ3v) is 0.417. The summed E-state index contributed by atoms with van der Waals surface area (Å²) in [5.74, 6) is 0. The maximum Gasteiger partial charge on any atom is 0.173 e. The molecule has 0 aliphatic carbocycles. The molecule has 0 unspecified atom stereocenters. The van der Waals surface area contributed by atoms with E-state index in [1.54, 1.807) is 5.53 Å². The van der Waals surface area contributed by atoms with E-state index < -0.39 is 5.03 Å². The zero-order valence-electron chi connectivity index (χ0n) is 4.26. The number of hydrogen-bond donors (Lipinski definition) is 2. The first-order chi connectivity index (χ1) is 3.77. The van der Waals surface area contributed by atoms with Crippen molar-refractivity contribution in [2.45, 2.75) is 0 Å². The third-order valence-electron chi connectivity index (χ3n) is 0.417. The summed E-state index contributed by atoms with van der Waals surface area (Å²) < 4.78 is 0. The Labute approximate surface area is 46.5 Å². The molecule has 0 aromatic carbocycles. The molecule has 0 bridgehead atoms. The summed E-state index contributed by atoms with van der Waals surface area (Å²) in [6, 6.07) is 0. The largest absolute Gasteiger partial charge is 0.234 e. The minimum absolute atomic E-state index is 0.376. The van der Waals surface area contributed by atoms with Gasteiger partial charge in [0.05, 0.1) is 0 Å². The summed E-state index contributed by atoms with van der Waals surface area (Å²) in [7, 11) is 0. The van der Waals surface area contributed by atoms with Crippen molar-refractivity contribution in [3.8, 4) is 0 Å². The second kappa shape index (κ2) is 4.07. The Hall–Kier alpha value is -1.10. The van der Waals surface area contributed by atoms with E-state index in [0.29, 0.717) is 6.54 Å². The van der Waals surface area contributed by atoms with Crippen LogP contribution in [0.15, 0.2) is 12.7 Å². The number of hydrazine groups is 2. The minimum Gasteiger partial charge on any atom is -0.234 e. The maximum absolute atomic E-state index is 9.47. The van der Waals surface area contributed by atoms with Gasteiger partial charge in [0.25, 0.3) is 0 Å². The van der Waals surface area contributed by atoms with Gasteiger partial charge < -0.3 is 0 Å². The Morgan fingerprint density at radius 2 is 2.50 bits per heavy atom. The number of rotatable bonds is 4. The molecule has 8 heavy (non-hydrogen) atoms. The first-order valence-electron chi connectivity index (χ1n) is 2.01. The van der Waals surface area contributed by atoms with Gasteiger partial charge in [-0.25, -0.2) is 10.1 Å². The van der Waals surface area contributed by atoms with E-state index in [1.807, 2.05) is 0 Å². The van der Waals surface area contributed by atoms with Crippen LogP contribution in [0.1, 0.15) is 0 Å². The Kier molecular flexibility index (Phi) is 3.51. The van der Waals surface area contributed by atoms with Crippen LogP contribution in [0.3, 0.4) is 0 Å². The highest BCUT2D eigenvalue weighted by Crippen LogP contribution is 1.54. The van der Waals surface area contributed by atoms with Gasteiger partial charge in [-0.05, 0) is 0 Å². The molecule has 0 aromatic heterocycles. The molecule has 0 amide bonds. The van der Waals surface area contributed by atoms with Crippen LogP contribution in [0.4, 0.5) is 0 Å². The van der Waals surface area contributed by atoms with E-state index in [4.69, 9.17) is 0 Å². The van der Waals surface area contributed by atoms with Gasteiger partial charge in [0.15, 0.2) is 5.03 Å². The van der Waals surface area contributed by atoms with Gasteiger partial charge >= 0.3 is 0 Å². The molecule has 0 atom stereocenters. The first-order valence-corrected chi connectivity index (χ1v) is 2.01. The SMILES string of the molecule is C=CCNN[N+](=O)[O-]. The van der Waals surface area contributed by atoms with Crippen LogP contribution >= 0.6 is 0 Å². The van der Waals surface area contributed by atoms with Gasteiger partial charge in [0.1, 0.15) is 0 Å². The smallest absolute Gasteiger partial charge is 0.173 e. The minimum atomic E-state index is -0.677. The van der Waals surface area contributed by atoms with E-state index >= 15 is 0 Å². The maximum atomic E-state index is 9.47. The van der Waals surface area contributed by atoms with Crippen molar-refractivity contribution in [2.75, 3.05) is 6.54 Å². The summed E-state index contributed by atoms with van der Waals surface area (Å²) >= 11 is 0. The monoisotopic (exact) mass is 117 g/mol. The number of nitrogens with one attached hydrogen (secondary N) is 2. The van der Waals surface area contributed by atoms with Crippen LogP contribution in [0.25, 0.3) is 0 Å². The van der Waals surface area contributed by atoms with Gasteiger partial charge in [-0.3, -0.25) is 0 Å². The van der Waals surface area contributed by atoms with Crippen molar-refractivity contribution in [3.05, 3.63) is 22.8 Å². The molecule has 0 aliphatic heterocycles. The van der Waals surface area contributed by atoms with E-state index in [1.165, 1.54) is 6.08 Å². The second-order valence-corrected chi connectivity index (χ2v) is 1.04. The molecule has 0 heterocycles. The molecular weight excluding hydrogens is 110 g/mol.